The molecule has 21 heavy (non-hydrogen) atoms. The molecule has 1 aliphatic rings. The molecule has 0 radical (unpaired) electrons. The molecule has 1 unspecified atom stereocenters. The maximum Gasteiger partial charge on any atom is 0.150 e. The van der Waals surface area contributed by atoms with E-state index in [0.717, 1.165) is 30.4 Å². The summed E-state index contributed by atoms with van der Waals surface area (Å²) in [7, 11) is -2.93. The highest BCUT2D eigenvalue weighted by Crippen LogP contribution is 2.30. The van der Waals surface area contributed by atoms with Crippen LogP contribution in [0.3, 0.4) is 0 Å². The molecule has 1 saturated heterocycles. The van der Waals surface area contributed by atoms with Crippen LogP contribution in [0.5, 0.6) is 0 Å². The Hall–Kier alpha value is -1.29. The van der Waals surface area contributed by atoms with E-state index >= 15 is 0 Å². The van der Waals surface area contributed by atoms with Gasteiger partial charge in [-0.1, -0.05) is 43.7 Å². The van der Waals surface area contributed by atoms with Crippen molar-refractivity contribution in [2.24, 2.45) is 5.41 Å². The van der Waals surface area contributed by atoms with E-state index < -0.39 is 9.84 Å². The molecule has 4 heteroatoms. The summed E-state index contributed by atoms with van der Waals surface area (Å²) in [5.74, 6) is 0.555. The minimum absolute atomic E-state index is 0.234. The highest BCUT2D eigenvalue weighted by molar-refractivity contribution is 7.91. The van der Waals surface area contributed by atoms with Gasteiger partial charge in [0.15, 0.2) is 9.84 Å². The number of rotatable bonds is 4. The van der Waals surface area contributed by atoms with E-state index in [1.165, 1.54) is 0 Å². The van der Waals surface area contributed by atoms with Crippen LogP contribution in [-0.2, 0) is 14.6 Å². The lowest BCUT2D eigenvalue weighted by atomic mass is 9.88. The van der Waals surface area contributed by atoms with Crippen molar-refractivity contribution in [3.8, 4) is 0 Å². The van der Waals surface area contributed by atoms with Gasteiger partial charge in [0.05, 0.1) is 24.4 Å². The Labute approximate surface area is 127 Å². The average Bonchev–Trinajstić information content (AvgIpc) is 2.57. The predicted molar refractivity (Wildman–Crippen MR) is 86.7 cm³/mol. The number of hydrogen-bond acceptors (Lipinski definition) is 3. The highest BCUT2D eigenvalue weighted by Gasteiger charge is 2.33. The van der Waals surface area contributed by atoms with Crippen LogP contribution in [-0.4, -0.2) is 26.5 Å². The normalized spacial score (nSPS) is 26.1. The molecule has 0 amide bonds. The Balaban J connectivity index is 1.98. The zero-order valence-corrected chi connectivity index (χ0v) is 13.7. The summed E-state index contributed by atoms with van der Waals surface area (Å²) >= 11 is 0. The van der Waals surface area contributed by atoms with E-state index in [4.69, 9.17) is 4.74 Å². The zero-order chi connectivity index (χ0) is 15.3. The molecule has 116 valence electrons. The van der Waals surface area contributed by atoms with Gasteiger partial charge in [0.2, 0.25) is 0 Å². The first-order valence-corrected chi connectivity index (χ1v) is 9.27. The highest BCUT2D eigenvalue weighted by atomic mass is 32.2. The summed E-state index contributed by atoms with van der Waals surface area (Å²) < 4.78 is 29.6. The fourth-order valence-electron chi connectivity index (χ4n) is 2.80. The lowest BCUT2D eigenvalue weighted by Crippen LogP contribution is -2.30. The summed E-state index contributed by atoms with van der Waals surface area (Å²) in [4.78, 5) is 0. The van der Waals surface area contributed by atoms with E-state index in [0.29, 0.717) is 12.4 Å². The van der Waals surface area contributed by atoms with E-state index in [1.807, 2.05) is 44.2 Å². The zero-order valence-electron chi connectivity index (χ0n) is 12.8. The first-order chi connectivity index (χ1) is 9.90. The van der Waals surface area contributed by atoms with Gasteiger partial charge in [0.25, 0.3) is 0 Å². The number of ether oxygens (including phenoxy) is 1. The third-order valence-corrected chi connectivity index (χ3v) is 6.02. The second-order valence-corrected chi connectivity index (χ2v) is 8.52. The van der Waals surface area contributed by atoms with Crippen molar-refractivity contribution in [2.75, 3.05) is 18.1 Å². The molecule has 1 atom stereocenters. The van der Waals surface area contributed by atoms with Crippen LogP contribution >= 0.6 is 0 Å². The lowest BCUT2D eigenvalue weighted by Gasteiger charge is -2.26. The number of hydrogen-bond donors (Lipinski definition) is 0. The Bertz CT molecular complexity index is 590. The quantitative estimate of drug-likeness (QED) is 0.797. The van der Waals surface area contributed by atoms with Gasteiger partial charge in [-0.2, -0.15) is 0 Å². The first kappa shape index (κ1) is 16.1. The molecular weight excluding hydrogens is 284 g/mol. The molecule has 0 bridgehead atoms. The van der Waals surface area contributed by atoms with Crippen molar-refractivity contribution in [1.82, 2.24) is 0 Å². The predicted octanol–water partition coefficient (Wildman–Crippen LogP) is 3.67. The van der Waals surface area contributed by atoms with Gasteiger partial charge in [-0.05, 0) is 30.9 Å². The molecule has 0 aromatic heterocycles. The monoisotopic (exact) mass is 308 g/mol. The van der Waals surface area contributed by atoms with Crippen molar-refractivity contribution in [3.63, 3.8) is 0 Å². The van der Waals surface area contributed by atoms with Crippen LogP contribution in [0.25, 0.3) is 5.57 Å². The van der Waals surface area contributed by atoms with Crippen molar-refractivity contribution in [2.45, 2.75) is 33.1 Å². The summed E-state index contributed by atoms with van der Waals surface area (Å²) in [5.41, 5.74) is 1.90. The smallest absolute Gasteiger partial charge is 0.150 e. The van der Waals surface area contributed by atoms with E-state index in [2.05, 4.69) is 0 Å². The van der Waals surface area contributed by atoms with Crippen LogP contribution in [0.2, 0.25) is 0 Å². The van der Waals surface area contributed by atoms with Crippen LogP contribution in [0.1, 0.15) is 38.7 Å². The fraction of sp³-hybridized carbons (Fsp3) is 0.529. The second kappa shape index (κ2) is 6.65. The van der Waals surface area contributed by atoms with Crippen molar-refractivity contribution < 1.29 is 13.2 Å². The number of sulfone groups is 1. The van der Waals surface area contributed by atoms with Gasteiger partial charge in [0.1, 0.15) is 0 Å². The minimum Gasteiger partial charge on any atom is -0.500 e. The van der Waals surface area contributed by atoms with Crippen molar-refractivity contribution >= 4 is 15.4 Å². The summed E-state index contributed by atoms with van der Waals surface area (Å²) in [6, 6.07) is 10.0. The minimum atomic E-state index is -2.93. The summed E-state index contributed by atoms with van der Waals surface area (Å²) in [5, 5.41) is 0. The molecule has 0 aliphatic carbocycles. The van der Waals surface area contributed by atoms with Crippen molar-refractivity contribution in [1.29, 1.82) is 0 Å². The molecular formula is C17H24O3S. The summed E-state index contributed by atoms with van der Waals surface area (Å²) in [6.07, 6.45) is 4.39. The standard InChI is InChI=1S/C17H24O3S/c1-15(16-8-4-3-5-9-16)12-20-13-17(2)10-6-7-11-21(18,19)14-17/h3-5,8-9,12H,6-7,10-11,13-14H2,1-2H3/b15-12-. The van der Waals surface area contributed by atoms with Crippen molar-refractivity contribution in [3.05, 3.63) is 42.2 Å². The third-order valence-electron chi connectivity index (χ3n) is 3.98. The topological polar surface area (TPSA) is 43.4 Å². The maximum absolute atomic E-state index is 11.9. The van der Waals surface area contributed by atoms with E-state index in [-0.39, 0.29) is 11.2 Å². The largest absolute Gasteiger partial charge is 0.500 e. The SMILES string of the molecule is C/C(=C/OCC1(C)CCCCS(=O)(=O)C1)c1ccccc1. The molecule has 1 aromatic rings. The van der Waals surface area contributed by atoms with Crippen LogP contribution in [0.4, 0.5) is 0 Å². The molecule has 0 spiro atoms. The molecule has 1 aliphatic heterocycles. The first-order valence-electron chi connectivity index (χ1n) is 7.45. The van der Waals surface area contributed by atoms with Gasteiger partial charge in [-0.15, -0.1) is 0 Å². The number of allylic oxidation sites excluding steroid dienone is 1. The summed E-state index contributed by atoms with van der Waals surface area (Å²) in [6.45, 7) is 4.47. The van der Waals surface area contributed by atoms with Gasteiger partial charge in [-0.25, -0.2) is 8.42 Å². The fourth-order valence-corrected chi connectivity index (χ4v) is 4.88. The second-order valence-electron chi connectivity index (χ2n) is 6.34. The number of benzene rings is 1. The van der Waals surface area contributed by atoms with Crippen LogP contribution < -0.4 is 0 Å². The maximum atomic E-state index is 11.9. The lowest BCUT2D eigenvalue weighted by molar-refractivity contribution is 0.132. The Morgan fingerprint density at radius 2 is 2.00 bits per heavy atom. The molecule has 0 N–H and O–H groups in total. The Kier molecular flexibility index (Phi) is 5.09. The van der Waals surface area contributed by atoms with Crippen LogP contribution in [0.15, 0.2) is 36.6 Å². The third kappa shape index (κ3) is 4.88. The molecule has 1 fully saturated rings. The van der Waals surface area contributed by atoms with Gasteiger partial charge in [-0.3, -0.25) is 0 Å². The molecule has 2 rings (SSSR count). The Morgan fingerprint density at radius 1 is 1.29 bits per heavy atom. The van der Waals surface area contributed by atoms with E-state index in [9.17, 15) is 8.42 Å². The van der Waals surface area contributed by atoms with Gasteiger partial charge < -0.3 is 4.74 Å². The molecule has 1 aromatic carbocycles. The average molecular weight is 308 g/mol. The van der Waals surface area contributed by atoms with Gasteiger partial charge >= 0.3 is 0 Å². The molecule has 0 saturated carbocycles. The van der Waals surface area contributed by atoms with E-state index in [1.54, 1.807) is 6.26 Å². The van der Waals surface area contributed by atoms with Gasteiger partial charge in [0, 0.05) is 5.41 Å². The molecule has 1 heterocycles. The molecule has 3 nitrogen and oxygen atoms in total. The van der Waals surface area contributed by atoms with Crippen LogP contribution in [0, 0.1) is 5.41 Å². The Morgan fingerprint density at radius 3 is 2.71 bits per heavy atom.